The summed E-state index contributed by atoms with van der Waals surface area (Å²) in [7, 11) is 0.777. The molecule has 21 heavy (non-hydrogen) atoms. The lowest BCUT2D eigenvalue weighted by atomic mass is 10.2. The van der Waals surface area contributed by atoms with Crippen LogP contribution in [0.5, 0.6) is 0 Å². The van der Waals surface area contributed by atoms with Gasteiger partial charge in [-0.3, -0.25) is 0 Å². The minimum Gasteiger partial charge on any atom is -0.103 e. The fourth-order valence-electron chi connectivity index (χ4n) is 1.93. The molecular weight excluding hydrogens is 271 g/mol. The maximum atomic E-state index is 3.66. The summed E-state index contributed by atoms with van der Waals surface area (Å²) in [5, 5.41) is 2.79. The summed E-state index contributed by atoms with van der Waals surface area (Å²) in [4.78, 5) is 0. The molecule has 0 amide bonds. The molecule has 112 valence electrons. The number of rotatable bonds is 7. The van der Waals surface area contributed by atoms with E-state index >= 15 is 0 Å². The molecule has 0 aromatic heterocycles. The Labute approximate surface area is 132 Å². The normalized spacial score (nSPS) is 9.57. The van der Waals surface area contributed by atoms with Crippen molar-refractivity contribution in [2.24, 2.45) is 0 Å². The van der Waals surface area contributed by atoms with Crippen molar-refractivity contribution in [1.82, 2.24) is 0 Å². The van der Waals surface area contributed by atoms with E-state index in [-0.39, 0.29) is 0 Å². The van der Waals surface area contributed by atoms with Crippen molar-refractivity contribution in [2.45, 2.75) is 39.0 Å². The number of allylic oxidation sites excluding steroid dienone is 1. The van der Waals surface area contributed by atoms with Gasteiger partial charge < -0.3 is 0 Å². The van der Waals surface area contributed by atoms with Crippen molar-refractivity contribution >= 4 is 19.2 Å². The maximum Gasteiger partial charge on any atom is -0.0226 e. The minimum atomic E-state index is 0.777. The highest BCUT2D eigenvalue weighted by molar-refractivity contribution is 7.55. The van der Waals surface area contributed by atoms with E-state index in [2.05, 4.69) is 74.2 Å². The molecule has 1 heteroatoms. The lowest BCUT2D eigenvalue weighted by Crippen LogP contribution is -2.01. The van der Waals surface area contributed by atoms with Crippen molar-refractivity contribution < 1.29 is 0 Å². The topological polar surface area (TPSA) is 0 Å². The van der Waals surface area contributed by atoms with Gasteiger partial charge in [0.15, 0.2) is 0 Å². The standard InChI is InChI=1S/C12H11P.C8H16/c1-3-7-11(8-4-1)13-12-9-5-2-6-10-12;1-3-5-7-8-6-4-2/h1-10,13H;3H,1,4-8H2,2H3. The minimum absolute atomic E-state index is 0.777. The van der Waals surface area contributed by atoms with Crippen LogP contribution in [-0.2, 0) is 0 Å². The monoisotopic (exact) mass is 298 g/mol. The summed E-state index contributed by atoms with van der Waals surface area (Å²) >= 11 is 0. The highest BCUT2D eigenvalue weighted by Crippen LogP contribution is 2.08. The SMILES string of the molecule is C=CCCCCCC.c1ccc(Pc2ccccc2)cc1. The predicted octanol–water partition coefficient (Wildman–Crippen LogP) is 5.46. The molecule has 0 spiro atoms. The quantitative estimate of drug-likeness (QED) is 0.362. The molecule has 0 radical (unpaired) electrons. The van der Waals surface area contributed by atoms with Gasteiger partial charge in [-0.1, -0.05) is 102 Å². The second kappa shape index (κ2) is 12.4. The Bertz CT molecular complexity index is 424. The maximum absolute atomic E-state index is 3.66. The summed E-state index contributed by atoms with van der Waals surface area (Å²) in [6.45, 7) is 5.89. The fraction of sp³-hybridized carbons (Fsp3) is 0.300. The Balaban J connectivity index is 0.000000240. The molecule has 0 unspecified atom stereocenters. The molecule has 0 saturated carbocycles. The highest BCUT2D eigenvalue weighted by atomic mass is 31.1. The van der Waals surface area contributed by atoms with E-state index in [9.17, 15) is 0 Å². The van der Waals surface area contributed by atoms with Gasteiger partial charge in [0.1, 0.15) is 0 Å². The zero-order chi connectivity index (χ0) is 15.2. The first kappa shape index (κ1) is 17.7. The van der Waals surface area contributed by atoms with Gasteiger partial charge in [-0.15, -0.1) is 6.58 Å². The smallest absolute Gasteiger partial charge is 0.0226 e. The van der Waals surface area contributed by atoms with Gasteiger partial charge in [0.05, 0.1) is 0 Å². The van der Waals surface area contributed by atoms with Crippen LogP contribution < -0.4 is 10.6 Å². The van der Waals surface area contributed by atoms with E-state index in [0.717, 1.165) is 8.58 Å². The Morgan fingerprint density at radius 3 is 1.76 bits per heavy atom. The molecule has 0 aliphatic heterocycles. The molecule has 0 heterocycles. The van der Waals surface area contributed by atoms with Crippen LogP contribution >= 0.6 is 8.58 Å². The zero-order valence-electron chi connectivity index (χ0n) is 13.1. The Morgan fingerprint density at radius 1 is 0.810 bits per heavy atom. The number of hydrogen-bond acceptors (Lipinski definition) is 0. The largest absolute Gasteiger partial charge is 0.103 e. The third-order valence-electron chi connectivity index (χ3n) is 3.10. The van der Waals surface area contributed by atoms with Crippen LogP contribution in [0.3, 0.4) is 0 Å². The Hall–Kier alpha value is -1.39. The predicted molar refractivity (Wildman–Crippen MR) is 99.4 cm³/mol. The second-order valence-corrected chi connectivity index (χ2v) is 6.40. The lowest BCUT2D eigenvalue weighted by Gasteiger charge is -2.00. The van der Waals surface area contributed by atoms with E-state index in [0.29, 0.717) is 0 Å². The van der Waals surface area contributed by atoms with Crippen molar-refractivity contribution in [3.63, 3.8) is 0 Å². The van der Waals surface area contributed by atoms with Gasteiger partial charge >= 0.3 is 0 Å². The number of benzene rings is 2. The zero-order valence-corrected chi connectivity index (χ0v) is 14.1. The van der Waals surface area contributed by atoms with E-state index in [1.165, 1.54) is 42.7 Å². The summed E-state index contributed by atoms with van der Waals surface area (Å²) in [5.74, 6) is 0. The number of hydrogen-bond donors (Lipinski definition) is 0. The molecule has 0 nitrogen and oxygen atoms in total. The van der Waals surface area contributed by atoms with Gasteiger partial charge in [0.25, 0.3) is 0 Å². The van der Waals surface area contributed by atoms with Crippen LogP contribution in [0, 0.1) is 0 Å². The molecule has 2 aromatic rings. The summed E-state index contributed by atoms with van der Waals surface area (Å²) in [6.07, 6.45) is 8.61. The van der Waals surface area contributed by atoms with Crippen LogP contribution in [0.25, 0.3) is 0 Å². The molecule has 0 fully saturated rings. The van der Waals surface area contributed by atoms with Crippen LogP contribution in [0.4, 0.5) is 0 Å². The van der Waals surface area contributed by atoms with Crippen molar-refractivity contribution in [2.75, 3.05) is 0 Å². The average molecular weight is 298 g/mol. The Morgan fingerprint density at radius 2 is 1.33 bits per heavy atom. The molecular formula is C20H27P. The molecule has 0 saturated heterocycles. The lowest BCUT2D eigenvalue weighted by molar-refractivity contribution is 0.675. The third kappa shape index (κ3) is 9.21. The molecule has 2 rings (SSSR count). The van der Waals surface area contributed by atoms with E-state index in [4.69, 9.17) is 0 Å². The van der Waals surface area contributed by atoms with Gasteiger partial charge in [0.2, 0.25) is 0 Å². The fourth-order valence-corrected chi connectivity index (χ4v) is 2.98. The van der Waals surface area contributed by atoms with Crippen molar-refractivity contribution in [1.29, 1.82) is 0 Å². The van der Waals surface area contributed by atoms with Gasteiger partial charge in [-0.2, -0.15) is 0 Å². The molecule has 0 bridgehead atoms. The summed E-state index contributed by atoms with van der Waals surface area (Å²) in [6, 6.07) is 21.2. The van der Waals surface area contributed by atoms with Gasteiger partial charge in [-0.05, 0) is 23.5 Å². The van der Waals surface area contributed by atoms with Crippen molar-refractivity contribution in [3.05, 3.63) is 73.3 Å². The first-order chi connectivity index (χ1) is 10.4. The summed E-state index contributed by atoms with van der Waals surface area (Å²) in [5.41, 5.74) is 0. The highest BCUT2D eigenvalue weighted by Gasteiger charge is 1.92. The van der Waals surface area contributed by atoms with Crippen LogP contribution in [0.15, 0.2) is 73.3 Å². The Kier molecular flexibility index (Phi) is 10.4. The van der Waals surface area contributed by atoms with Gasteiger partial charge in [-0.25, -0.2) is 0 Å². The molecule has 0 atom stereocenters. The van der Waals surface area contributed by atoms with Gasteiger partial charge in [0, 0.05) is 0 Å². The van der Waals surface area contributed by atoms with E-state index in [1.54, 1.807) is 0 Å². The molecule has 2 aromatic carbocycles. The first-order valence-corrected chi connectivity index (χ1v) is 8.84. The first-order valence-electron chi connectivity index (χ1n) is 7.84. The van der Waals surface area contributed by atoms with E-state index < -0.39 is 0 Å². The molecule has 0 N–H and O–H groups in total. The van der Waals surface area contributed by atoms with E-state index in [1.807, 2.05) is 6.08 Å². The van der Waals surface area contributed by atoms with Crippen molar-refractivity contribution in [3.8, 4) is 0 Å². The van der Waals surface area contributed by atoms with Crippen LogP contribution in [0.1, 0.15) is 39.0 Å². The average Bonchev–Trinajstić information content (AvgIpc) is 2.54. The van der Waals surface area contributed by atoms with Crippen LogP contribution in [0.2, 0.25) is 0 Å². The number of unbranched alkanes of at least 4 members (excludes halogenated alkanes) is 4. The molecule has 0 aliphatic carbocycles. The summed E-state index contributed by atoms with van der Waals surface area (Å²) < 4.78 is 0. The molecule has 0 aliphatic rings. The third-order valence-corrected chi connectivity index (χ3v) is 4.34. The second-order valence-electron chi connectivity index (χ2n) is 5.00. The van der Waals surface area contributed by atoms with Crippen LogP contribution in [-0.4, -0.2) is 0 Å².